The molecule has 0 spiro atoms. The topological polar surface area (TPSA) is 60.8 Å². The van der Waals surface area contributed by atoms with Gasteiger partial charge in [-0.3, -0.25) is 5.41 Å². The van der Waals surface area contributed by atoms with Crippen molar-refractivity contribution in [3.63, 3.8) is 0 Å². The molecule has 0 aliphatic rings. The van der Waals surface area contributed by atoms with Crippen molar-refractivity contribution in [1.29, 1.82) is 5.41 Å². The Labute approximate surface area is 108 Å². The zero-order chi connectivity index (χ0) is 12.1. The molecule has 0 atom stereocenters. The number of benzene rings is 1. The normalized spacial score (nSPS) is 9.94. The first kappa shape index (κ1) is 11.9. The van der Waals surface area contributed by atoms with Gasteiger partial charge in [0.05, 0.1) is 6.54 Å². The average molecular weight is 267 g/mol. The summed E-state index contributed by atoms with van der Waals surface area (Å²) in [6.45, 7) is 0.546. The Balaban J connectivity index is 1.85. The standard InChI is InChI=1S/C11H11ClN4S/c12-8-2-1-3-9(6-8)16-11(13)15-7-10-14-4-5-17-10/h1-6H,7H2,(H3,13,15,16). The lowest BCUT2D eigenvalue weighted by molar-refractivity contribution is 0.891. The average Bonchev–Trinajstić information content (AvgIpc) is 2.79. The van der Waals surface area contributed by atoms with Crippen LogP contribution in [0.5, 0.6) is 0 Å². The molecule has 1 aromatic heterocycles. The van der Waals surface area contributed by atoms with Crippen LogP contribution in [0.1, 0.15) is 5.01 Å². The van der Waals surface area contributed by atoms with Gasteiger partial charge in [0.25, 0.3) is 0 Å². The van der Waals surface area contributed by atoms with Crippen molar-refractivity contribution in [2.24, 2.45) is 0 Å². The largest absolute Gasteiger partial charge is 0.350 e. The predicted octanol–water partition coefficient (Wildman–Crippen LogP) is 2.93. The van der Waals surface area contributed by atoms with E-state index in [1.807, 2.05) is 17.5 Å². The Kier molecular flexibility index (Phi) is 3.95. The van der Waals surface area contributed by atoms with Crippen LogP contribution in [-0.4, -0.2) is 10.9 Å². The van der Waals surface area contributed by atoms with E-state index in [0.29, 0.717) is 11.6 Å². The molecule has 1 aromatic carbocycles. The first-order chi connectivity index (χ1) is 8.24. The third kappa shape index (κ3) is 3.72. The maximum absolute atomic E-state index is 7.71. The van der Waals surface area contributed by atoms with Crippen molar-refractivity contribution in [3.05, 3.63) is 45.9 Å². The molecular weight excluding hydrogens is 256 g/mol. The minimum Gasteiger partial charge on any atom is -0.350 e. The minimum absolute atomic E-state index is 0.225. The monoisotopic (exact) mass is 266 g/mol. The van der Waals surface area contributed by atoms with Crippen molar-refractivity contribution in [3.8, 4) is 0 Å². The molecule has 0 bridgehead atoms. The number of aromatic nitrogens is 1. The van der Waals surface area contributed by atoms with Crippen molar-refractivity contribution >= 4 is 34.6 Å². The maximum Gasteiger partial charge on any atom is 0.193 e. The third-order valence-electron chi connectivity index (χ3n) is 1.99. The molecule has 3 N–H and O–H groups in total. The lowest BCUT2D eigenvalue weighted by Crippen LogP contribution is -2.28. The van der Waals surface area contributed by atoms with Gasteiger partial charge in [-0.1, -0.05) is 17.7 Å². The van der Waals surface area contributed by atoms with Crippen LogP contribution in [0.2, 0.25) is 5.02 Å². The highest BCUT2D eigenvalue weighted by Crippen LogP contribution is 2.14. The van der Waals surface area contributed by atoms with Crippen LogP contribution in [0.15, 0.2) is 35.8 Å². The quantitative estimate of drug-likeness (QED) is 0.591. The Bertz CT molecular complexity index is 498. The van der Waals surface area contributed by atoms with Crippen molar-refractivity contribution in [2.75, 3.05) is 5.32 Å². The van der Waals surface area contributed by atoms with Crippen LogP contribution in [-0.2, 0) is 6.54 Å². The molecule has 17 heavy (non-hydrogen) atoms. The molecule has 6 heteroatoms. The summed E-state index contributed by atoms with van der Waals surface area (Å²) in [6.07, 6.45) is 1.75. The highest BCUT2D eigenvalue weighted by Gasteiger charge is 1.99. The lowest BCUT2D eigenvalue weighted by Gasteiger charge is -2.09. The van der Waals surface area contributed by atoms with Gasteiger partial charge in [-0.25, -0.2) is 4.98 Å². The SMILES string of the molecule is N=C(NCc1nccs1)Nc1cccc(Cl)c1. The number of nitrogens with zero attached hydrogens (tertiary/aromatic N) is 1. The van der Waals surface area contributed by atoms with Crippen molar-refractivity contribution < 1.29 is 0 Å². The molecule has 88 valence electrons. The summed E-state index contributed by atoms with van der Waals surface area (Å²) >= 11 is 7.40. The van der Waals surface area contributed by atoms with E-state index in [2.05, 4.69) is 15.6 Å². The van der Waals surface area contributed by atoms with Crippen LogP contribution >= 0.6 is 22.9 Å². The first-order valence-corrected chi connectivity index (χ1v) is 6.23. The number of anilines is 1. The van der Waals surface area contributed by atoms with E-state index < -0.39 is 0 Å². The van der Waals surface area contributed by atoms with Gasteiger partial charge in [0.1, 0.15) is 5.01 Å². The molecule has 0 saturated carbocycles. The fraction of sp³-hybridized carbons (Fsp3) is 0.0909. The smallest absolute Gasteiger partial charge is 0.193 e. The number of guanidine groups is 1. The molecule has 0 aliphatic carbocycles. The predicted molar refractivity (Wildman–Crippen MR) is 71.8 cm³/mol. The first-order valence-electron chi connectivity index (χ1n) is 4.97. The van der Waals surface area contributed by atoms with Gasteiger partial charge < -0.3 is 10.6 Å². The zero-order valence-electron chi connectivity index (χ0n) is 8.90. The second-order valence-corrected chi connectivity index (χ2v) is 4.71. The van der Waals surface area contributed by atoms with Crippen molar-refractivity contribution in [1.82, 2.24) is 10.3 Å². The number of nitrogens with one attached hydrogen (secondary N) is 3. The zero-order valence-corrected chi connectivity index (χ0v) is 10.5. The highest BCUT2D eigenvalue weighted by molar-refractivity contribution is 7.09. The molecule has 0 radical (unpaired) electrons. The molecule has 0 amide bonds. The molecule has 0 unspecified atom stereocenters. The van der Waals surface area contributed by atoms with Crippen LogP contribution in [0.4, 0.5) is 5.69 Å². The van der Waals surface area contributed by atoms with Gasteiger partial charge in [-0.15, -0.1) is 11.3 Å². The second kappa shape index (κ2) is 5.65. The van der Waals surface area contributed by atoms with Crippen LogP contribution in [0.3, 0.4) is 0 Å². The summed E-state index contributed by atoms with van der Waals surface area (Å²) in [5, 5.41) is 17.0. The van der Waals surface area contributed by atoms with E-state index in [9.17, 15) is 0 Å². The molecule has 0 aliphatic heterocycles. The van der Waals surface area contributed by atoms with E-state index in [-0.39, 0.29) is 5.96 Å². The number of thiazole rings is 1. The van der Waals surface area contributed by atoms with Gasteiger partial charge in [-0.05, 0) is 18.2 Å². The third-order valence-corrected chi connectivity index (χ3v) is 3.01. The minimum atomic E-state index is 0.225. The van der Waals surface area contributed by atoms with E-state index in [1.165, 1.54) is 0 Å². The Morgan fingerprint density at radius 3 is 3.06 bits per heavy atom. The Morgan fingerprint density at radius 2 is 2.35 bits per heavy atom. The van der Waals surface area contributed by atoms with E-state index in [1.54, 1.807) is 29.7 Å². The van der Waals surface area contributed by atoms with Crippen LogP contribution < -0.4 is 10.6 Å². The molecular formula is C11H11ClN4S. The van der Waals surface area contributed by atoms with E-state index in [0.717, 1.165) is 10.7 Å². The molecule has 2 aromatic rings. The molecule has 2 rings (SSSR count). The summed E-state index contributed by atoms with van der Waals surface area (Å²) in [6, 6.07) is 7.24. The Morgan fingerprint density at radius 1 is 1.47 bits per heavy atom. The highest BCUT2D eigenvalue weighted by atomic mass is 35.5. The van der Waals surface area contributed by atoms with Gasteiger partial charge in [0.2, 0.25) is 0 Å². The van der Waals surface area contributed by atoms with Gasteiger partial charge >= 0.3 is 0 Å². The Hall–Kier alpha value is -1.59. The fourth-order valence-electron chi connectivity index (χ4n) is 1.26. The summed E-state index contributed by atoms with van der Waals surface area (Å²) in [4.78, 5) is 4.12. The number of halogens is 1. The lowest BCUT2D eigenvalue weighted by atomic mass is 10.3. The van der Waals surface area contributed by atoms with E-state index >= 15 is 0 Å². The summed E-state index contributed by atoms with van der Waals surface area (Å²) < 4.78 is 0. The number of rotatable bonds is 3. The maximum atomic E-state index is 7.71. The number of hydrogen-bond acceptors (Lipinski definition) is 3. The van der Waals surface area contributed by atoms with Gasteiger partial charge in [0.15, 0.2) is 5.96 Å². The fourth-order valence-corrected chi connectivity index (χ4v) is 2.01. The summed E-state index contributed by atoms with van der Waals surface area (Å²) in [7, 11) is 0. The van der Waals surface area contributed by atoms with Gasteiger partial charge in [-0.2, -0.15) is 0 Å². The molecule has 1 heterocycles. The number of hydrogen-bond donors (Lipinski definition) is 3. The summed E-state index contributed by atoms with van der Waals surface area (Å²) in [5.41, 5.74) is 0.786. The molecule has 4 nitrogen and oxygen atoms in total. The molecule has 0 saturated heterocycles. The molecule has 0 fully saturated rings. The van der Waals surface area contributed by atoms with Crippen LogP contribution in [0, 0.1) is 5.41 Å². The van der Waals surface area contributed by atoms with E-state index in [4.69, 9.17) is 17.0 Å². The van der Waals surface area contributed by atoms with Gasteiger partial charge in [0, 0.05) is 22.3 Å². The van der Waals surface area contributed by atoms with Crippen molar-refractivity contribution in [2.45, 2.75) is 6.54 Å². The summed E-state index contributed by atoms with van der Waals surface area (Å²) in [5.74, 6) is 0.225. The second-order valence-electron chi connectivity index (χ2n) is 3.29. The van der Waals surface area contributed by atoms with Crippen LogP contribution in [0.25, 0.3) is 0 Å².